The maximum Gasteiger partial charge on any atom is 0.353 e. The Morgan fingerprint density at radius 2 is 1.81 bits per heavy atom. The van der Waals surface area contributed by atoms with E-state index in [2.05, 4.69) is 15.1 Å². The molecule has 3 heterocycles. The highest BCUT2D eigenvalue weighted by molar-refractivity contribution is 7.03. The standard InChI is InChI=1S/C18H10N4O4S/c23-14-11-8-4-5-9-12(11)25-16(24)13(14)15-21-22-18(26-15)20-17(27-22)19-10-6-2-1-3-7-10/h1-9,23H. The predicted octanol–water partition coefficient (Wildman–Crippen LogP) is 3.10. The van der Waals surface area contributed by atoms with Crippen molar-refractivity contribution in [1.29, 1.82) is 0 Å². The van der Waals surface area contributed by atoms with E-state index >= 15 is 0 Å². The van der Waals surface area contributed by atoms with Gasteiger partial charge < -0.3 is 13.9 Å². The average molecular weight is 378 g/mol. The largest absolute Gasteiger partial charge is 0.506 e. The minimum atomic E-state index is -0.741. The third-order valence-electron chi connectivity index (χ3n) is 3.87. The number of para-hydroxylation sites is 2. The second-order valence-corrected chi connectivity index (χ2v) is 6.50. The fraction of sp³-hybridized carbons (Fsp3) is 0. The van der Waals surface area contributed by atoms with E-state index in [0.717, 1.165) is 17.2 Å². The normalized spacial score (nSPS) is 12.2. The smallest absolute Gasteiger partial charge is 0.353 e. The first-order chi connectivity index (χ1) is 13.2. The molecule has 0 amide bonds. The van der Waals surface area contributed by atoms with Gasteiger partial charge in [-0.05, 0) is 24.3 Å². The van der Waals surface area contributed by atoms with Gasteiger partial charge in [0.2, 0.25) is 4.80 Å². The SMILES string of the molecule is O=c1oc2ccccc2c(O)c1-c1nn2sc(=Nc3ccccc3)nc2o1. The van der Waals surface area contributed by atoms with Gasteiger partial charge in [0.1, 0.15) is 11.3 Å². The van der Waals surface area contributed by atoms with Crippen molar-refractivity contribution in [3.05, 3.63) is 69.8 Å². The Hall–Kier alpha value is -3.72. The van der Waals surface area contributed by atoms with Crippen LogP contribution >= 0.6 is 11.5 Å². The number of aromatic nitrogens is 3. The van der Waals surface area contributed by atoms with Crippen LogP contribution in [0.5, 0.6) is 5.75 Å². The highest BCUT2D eigenvalue weighted by Crippen LogP contribution is 2.32. The Morgan fingerprint density at radius 3 is 2.63 bits per heavy atom. The fourth-order valence-electron chi connectivity index (χ4n) is 2.66. The Balaban J connectivity index is 1.65. The van der Waals surface area contributed by atoms with E-state index in [1.165, 1.54) is 3.90 Å². The van der Waals surface area contributed by atoms with Crippen LogP contribution in [0, 0.1) is 0 Å². The molecule has 0 atom stereocenters. The zero-order chi connectivity index (χ0) is 18.4. The molecule has 0 spiro atoms. The van der Waals surface area contributed by atoms with Crippen molar-refractivity contribution >= 4 is 34.0 Å². The van der Waals surface area contributed by atoms with Crippen LogP contribution in [-0.2, 0) is 0 Å². The molecule has 132 valence electrons. The molecule has 1 N–H and O–H groups in total. The molecule has 0 aliphatic carbocycles. The fourth-order valence-corrected chi connectivity index (χ4v) is 3.35. The summed E-state index contributed by atoms with van der Waals surface area (Å²) in [5, 5.41) is 15.1. The van der Waals surface area contributed by atoms with E-state index in [0.29, 0.717) is 10.2 Å². The van der Waals surface area contributed by atoms with Gasteiger partial charge in [-0.2, -0.15) is 4.98 Å². The van der Waals surface area contributed by atoms with E-state index in [4.69, 9.17) is 8.83 Å². The average Bonchev–Trinajstić information content (AvgIpc) is 3.21. The maximum absolute atomic E-state index is 12.3. The second-order valence-electron chi connectivity index (χ2n) is 5.61. The minimum absolute atomic E-state index is 0.0722. The van der Waals surface area contributed by atoms with E-state index in [1.54, 1.807) is 24.3 Å². The van der Waals surface area contributed by atoms with Crippen molar-refractivity contribution in [2.75, 3.05) is 0 Å². The van der Waals surface area contributed by atoms with Crippen molar-refractivity contribution in [2.45, 2.75) is 0 Å². The van der Waals surface area contributed by atoms with Crippen molar-refractivity contribution < 1.29 is 13.9 Å². The Kier molecular flexibility index (Phi) is 3.41. The van der Waals surface area contributed by atoms with E-state index in [-0.39, 0.29) is 28.6 Å². The molecule has 0 fully saturated rings. The number of hydrogen-bond acceptors (Lipinski definition) is 8. The Bertz CT molecular complexity index is 1380. The third kappa shape index (κ3) is 2.61. The number of rotatable bonds is 2. The molecule has 9 heteroatoms. The zero-order valence-corrected chi connectivity index (χ0v) is 14.4. The Morgan fingerprint density at radius 1 is 1.04 bits per heavy atom. The number of benzene rings is 2. The molecule has 0 saturated heterocycles. The van der Waals surface area contributed by atoms with Crippen LogP contribution in [0.4, 0.5) is 5.69 Å². The van der Waals surface area contributed by atoms with Gasteiger partial charge in [0, 0.05) is 11.5 Å². The summed E-state index contributed by atoms with van der Waals surface area (Å²) in [6.45, 7) is 0. The summed E-state index contributed by atoms with van der Waals surface area (Å²) in [5.74, 6) is -0.154. The van der Waals surface area contributed by atoms with Crippen LogP contribution in [0.3, 0.4) is 0 Å². The summed E-state index contributed by atoms with van der Waals surface area (Å²) >= 11 is 1.14. The van der Waals surface area contributed by atoms with Gasteiger partial charge in [-0.1, -0.05) is 30.3 Å². The summed E-state index contributed by atoms with van der Waals surface area (Å²) < 4.78 is 12.2. The monoisotopic (exact) mass is 378 g/mol. The molecule has 5 rings (SSSR count). The molecule has 0 bridgehead atoms. The van der Waals surface area contributed by atoms with Gasteiger partial charge >= 0.3 is 11.5 Å². The lowest BCUT2D eigenvalue weighted by atomic mass is 10.1. The molecule has 27 heavy (non-hydrogen) atoms. The lowest BCUT2D eigenvalue weighted by molar-refractivity contribution is 0.466. The summed E-state index contributed by atoms with van der Waals surface area (Å²) in [6, 6.07) is 16.0. The van der Waals surface area contributed by atoms with Crippen LogP contribution < -0.4 is 10.4 Å². The van der Waals surface area contributed by atoms with Crippen molar-refractivity contribution in [3.63, 3.8) is 0 Å². The molecular formula is C18H10N4O4S. The molecule has 0 aliphatic heterocycles. The quantitative estimate of drug-likeness (QED) is 0.473. The maximum atomic E-state index is 12.3. The highest BCUT2D eigenvalue weighted by atomic mass is 32.1. The lowest BCUT2D eigenvalue weighted by Crippen LogP contribution is -2.04. The number of fused-ring (bicyclic) bond motifs is 2. The summed E-state index contributed by atoms with van der Waals surface area (Å²) in [6.07, 6.45) is 0. The first kappa shape index (κ1) is 15.5. The van der Waals surface area contributed by atoms with Gasteiger partial charge in [0.25, 0.3) is 5.89 Å². The summed E-state index contributed by atoms with van der Waals surface area (Å²) in [5.41, 5.74) is 0.150. The molecule has 8 nitrogen and oxygen atoms in total. The first-order valence-electron chi connectivity index (χ1n) is 7.91. The van der Waals surface area contributed by atoms with Crippen LogP contribution in [0.1, 0.15) is 0 Å². The molecule has 0 saturated carbocycles. The minimum Gasteiger partial charge on any atom is -0.506 e. The van der Waals surface area contributed by atoms with Crippen LogP contribution in [0.15, 0.2) is 73.2 Å². The third-order valence-corrected chi connectivity index (χ3v) is 4.63. The molecule has 0 radical (unpaired) electrons. The number of aromatic hydroxyl groups is 1. The molecular weight excluding hydrogens is 368 g/mol. The number of nitrogens with zero attached hydrogens (tertiary/aromatic N) is 4. The summed E-state index contributed by atoms with van der Waals surface area (Å²) in [4.78, 5) is 21.4. The van der Waals surface area contributed by atoms with E-state index < -0.39 is 5.63 Å². The van der Waals surface area contributed by atoms with Gasteiger partial charge in [-0.15, -0.1) is 9.00 Å². The van der Waals surface area contributed by atoms with Crippen molar-refractivity contribution in [3.8, 4) is 17.2 Å². The molecule has 3 aromatic heterocycles. The van der Waals surface area contributed by atoms with Gasteiger partial charge in [-0.3, -0.25) is 0 Å². The number of hydrogen-bond donors (Lipinski definition) is 1. The highest BCUT2D eigenvalue weighted by Gasteiger charge is 2.22. The Labute approximate surface area is 154 Å². The summed E-state index contributed by atoms with van der Waals surface area (Å²) in [7, 11) is 0. The second kappa shape index (κ2) is 5.92. The van der Waals surface area contributed by atoms with E-state index in [1.807, 2.05) is 30.3 Å². The topological polar surface area (TPSA) is 106 Å². The molecule has 0 unspecified atom stereocenters. The van der Waals surface area contributed by atoms with Gasteiger partial charge in [0.05, 0.1) is 11.1 Å². The van der Waals surface area contributed by atoms with Crippen LogP contribution in [0.25, 0.3) is 28.3 Å². The van der Waals surface area contributed by atoms with Crippen molar-refractivity contribution in [1.82, 2.24) is 14.0 Å². The van der Waals surface area contributed by atoms with E-state index in [9.17, 15) is 9.90 Å². The lowest BCUT2D eigenvalue weighted by Gasteiger charge is -2.02. The van der Waals surface area contributed by atoms with Crippen LogP contribution in [-0.4, -0.2) is 19.1 Å². The molecule has 0 aliphatic rings. The van der Waals surface area contributed by atoms with Crippen molar-refractivity contribution in [2.24, 2.45) is 4.99 Å². The zero-order valence-electron chi connectivity index (χ0n) is 13.6. The molecule has 2 aromatic carbocycles. The predicted molar refractivity (Wildman–Crippen MR) is 97.9 cm³/mol. The first-order valence-corrected chi connectivity index (χ1v) is 8.68. The molecule has 5 aromatic rings. The van der Waals surface area contributed by atoms with Gasteiger partial charge in [0.15, 0.2) is 5.56 Å². The van der Waals surface area contributed by atoms with Gasteiger partial charge in [-0.25, -0.2) is 9.79 Å². The van der Waals surface area contributed by atoms with Crippen LogP contribution in [0.2, 0.25) is 0 Å².